The van der Waals surface area contributed by atoms with Crippen molar-refractivity contribution < 1.29 is 0 Å². The Balaban J connectivity index is 1.70. The number of rotatable bonds is 4. The van der Waals surface area contributed by atoms with Crippen molar-refractivity contribution >= 4 is 44.9 Å². The number of fused-ring (bicyclic) bond motifs is 1. The maximum Gasteiger partial charge on any atom is 0.223 e. The number of hydrogen-bond donors (Lipinski definition) is 2. The molecule has 0 aliphatic heterocycles. The summed E-state index contributed by atoms with van der Waals surface area (Å²) in [6.45, 7) is 0.781. The number of nitrogens with zero attached hydrogens (tertiary/aromatic N) is 2. The van der Waals surface area contributed by atoms with E-state index < -0.39 is 0 Å². The molecule has 0 aliphatic rings. The van der Waals surface area contributed by atoms with Gasteiger partial charge < -0.3 is 11.1 Å². The quantitative estimate of drug-likeness (QED) is 0.773. The molecule has 2 aromatic heterocycles. The number of aromatic nitrogens is 2. The van der Waals surface area contributed by atoms with Crippen LogP contribution >= 0.6 is 22.9 Å². The molecule has 20 heavy (non-hydrogen) atoms. The van der Waals surface area contributed by atoms with Crippen molar-refractivity contribution in [1.82, 2.24) is 9.97 Å². The summed E-state index contributed by atoms with van der Waals surface area (Å²) in [7, 11) is 0. The van der Waals surface area contributed by atoms with E-state index >= 15 is 0 Å². The van der Waals surface area contributed by atoms with Crippen molar-refractivity contribution in [3.05, 3.63) is 46.3 Å². The van der Waals surface area contributed by atoms with Gasteiger partial charge >= 0.3 is 0 Å². The Kier molecular flexibility index (Phi) is 3.71. The van der Waals surface area contributed by atoms with Gasteiger partial charge in [-0.2, -0.15) is 4.98 Å². The molecular weight excluding hydrogens is 292 g/mol. The van der Waals surface area contributed by atoms with Crippen LogP contribution in [0.2, 0.25) is 5.02 Å². The molecule has 4 nitrogen and oxygen atoms in total. The molecule has 0 saturated carbocycles. The Morgan fingerprint density at radius 1 is 1.15 bits per heavy atom. The second kappa shape index (κ2) is 5.64. The van der Waals surface area contributed by atoms with Crippen molar-refractivity contribution in [3.63, 3.8) is 0 Å². The SMILES string of the molecule is Nc1nc(NCCc2ccc(Cl)cc2)c2ccsc2n1. The predicted octanol–water partition coefficient (Wildman–Crippen LogP) is 3.58. The van der Waals surface area contributed by atoms with Crippen molar-refractivity contribution in [1.29, 1.82) is 0 Å². The van der Waals surface area contributed by atoms with Gasteiger partial charge in [0.1, 0.15) is 10.6 Å². The van der Waals surface area contributed by atoms with Crippen molar-refractivity contribution in [2.24, 2.45) is 0 Å². The molecule has 0 radical (unpaired) electrons. The predicted molar refractivity (Wildman–Crippen MR) is 85.5 cm³/mol. The highest BCUT2D eigenvalue weighted by Gasteiger charge is 2.06. The number of hydrogen-bond acceptors (Lipinski definition) is 5. The third-order valence-electron chi connectivity index (χ3n) is 2.96. The summed E-state index contributed by atoms with van der Waals surface area (Å²) in [4.78, 5) is 9.37. The highest BCUT2D eigenvalue weighted by molar-refractivity contribution is 7.16. The lowest BCUT2D eigenvalue weighted by molar-refractivity contribution is 1.01. The van der Waals surface area contributed by atoms with Crippen LogP contribution in [0.25, 0.3) is 10.2 Å². The van der Waals surface area contributed by atoms with Crippen LogP contribution < -0.4 is 11.1 Å². The van der Waals surface area contributed by atoms with Crippen molar-refractivity contribution in [2.75, 3.05) is 17.6 Å². The molecule has 0 bridgehead atoms. The van der Waals surface area contributed by atoms with E-state index in [2.05, 4.69) is 15.3 Å². The largest absolute Gasteiger partial charge is 0.369 e. The van der Waals surface area contributed by atoms with Gasteiger partial charge in [-0.1, -0.05) is 23.7 Å². The topological polar surface area (TPSA) is 63.8 Å². The standard InChI is InChI=1S/C14H13ClN4S/c15-10-3-1-9(2-4-10)5-7-17-12-11-6-8-20-13(11)19-14(16)18-12/h1-4,6,8H,5,7H2,(H3,16,17,18,19). The first-order chi connectivity index (χ1) is 9.72. The van der Waals surface area contributed by atoms with Crippen LogP contribution in [0.4, 0.5) is 11.8 Å². The van der Waals surface area contributed by atoms with E-state index in [0.29, 0.717) is 5.95 Å². The molecular formula is C14H13ClN4S. The molecule has 0 unspecified atom stereocenters. The summed E-state index contributed by atoms with van der Waals surface area (Å²) in [5, 5.41) is 7.08. The smallest absolute Gasteiger partial charge is 0.223 e. The monoisotopic (exact) mass is 304 g/mol. The lowest BCUT2D eigenvalue weighted by atomic mass is 10.1. The van der Waals surface area contributed by atoms with E-state index in [-0.39, 0.29) is 0 Å². The summed E-state index contributed by atoms with van der Waals surface area (Å²) >= 11 is 7.43. The Hall–Kier alpha value is -1.85. The zero-order valence-electron chi connectivity index (χ0n) is 10.6. The summed E-state index contributed by atoms with van der Waals surface area (Å²) in [5.74, 6) is 1.09. The number of nitrogens with one attached hydrogen (secondary N) is 1. The van der Waals surface area contributed by atoms with E-state index in [1.54, 1.807) is 11.3 Å². The minimum Gasteiger partial charge on any atom is -0.369 e. The summed E-state index contributed by atoms with van der Waals surface area (Å²) in [6, 6.07) is 9.86. The number of nitrogen functional groups attached to an aromatic ring is 1. The first-order valence-corrected chi connectivity index (χ1v) is 7.47. The minimum absolute atomic E-state index is 0.300. The van der Waals surface area contributed by atoms with Crippen LogP contribution in [0.5, 0.6) is 0 Å². The molecule has 0 amide bonds. The average molecular weight is 305 g/mol. The maximum absolute atomic E-state index is 5.87. The molecule has 0 atom stereocenters. The minimum atomic E-state index is 0.300. The van der Waals surface area contributed by atoms with Crippen LogP contribution in [0, 0.1) is 0 Å². The van der Waals surface area contributed by atoms with Crippen LogP contribution in [-0.2, 0) is 6.42 Å². The van der Waals surface area contributed by atoms with Crippen LogP contribution in [0.1, 0.15) is 5.56 Å². The lowest BCUT2D eigenvalue weighted by Crippen LogP contribution is -2.08. The van der Waals surface area contributed by atoms with Gasteiger partial charge in [0, 0.05) is 11.6 Å². The molecule has 1 aromatic carbocycles. The Morgan fingerprint density at radius 3 is 2.75 bits per heavy atom. The summed E-state index contributed by atoms with van der Waals surface area (Å²) < 4.78 is 0. The van der Waals surface area contributed by atoms with Gasteiger partial charge in [-0.05, 0) is 35.6 Å². The number of nitrogens with two attached hydrogens (primary N) is 1. The lowest BCUT2D eigenvalue weighted by Gasteiger charge is -2.07. The average Bonchev–Trinajstić information content (AvgIpc) is 2.89. The van der Waals surface area contributed by atoms with E-state index in [4.69, 9.17) is 17.3 Å². The fourth-order valence-electron chi connectivity index (χ4n) is 1.98. The second-order valence-electron chi connectivity index (χ2n) is 4.37. The molecule has 0 fully saturated rings. The van der Waals surface area contributed by atoms with Gasteiger partial charge in [-0.15, -0.1) is 11.3 Å². The molecule has 3 rings (SSSR count). The normalized spacial score (nSPS) is 10.8. The first kappa shape index (κ1) is 13.1. The Morgan fingerprint density at radius 2 is 1.95 bits per heavy atom. The van der Waals surface area contributed by atoms with Gasteiger partial charge in [0.15, 0.2) is 0 Å². The van der Waals surface area contributed by atoms with Gasteiger partial charge in [0.2, 0.25) is 5.95 Å². The van der Waals surface area contributed by atoms with Crippen molar-refractivity contribution in [2.45, 2.75) is 6.42 Å². The zero-order chi connectivity index (χ0) is 13.9. The number of anilines is 2. The third-order valence-corrected chi connectivity index (χ3v) is 4.02. The molecule has 6 heteroatoms. The molecule has 0 aliphatic carbocycles. The number of thiophene rings is 1. The highest BCUT2D eigenvalue weighted by Crippen LogP contribution is 2.25. The first-order valence-electron chi connectivity index (χ1n) is 6.21. The molecule has 3 N–H and O–H groups in total. The number of benzene rings is 1. The number of halogens is 1. The van der Waals surface area contributed by atoms with Gasteiger partial charge in [0.25, 0.3) is 0 Å². The summed E-state index contributed by atoms with van der Waals surface area (Å²) in [6.07, 6.45) is 0.896. The van der Waals surface area contributed by atoms with E-state index in [0.717, 1.165) is 34.0 Å². The molecule has 0 spiro atoms. The van der Waals surface area contributed by atoms with Crippen molar-refractivity contribution in [3.8, 4) is 0 Å². The fraction of sp³-hybridized carbons (Fsp3) is 0.143. The van der Waals surface area contributed by atoms with E-state index in [1.807, 2.05) is 35.7 Å². The molecule has 102 valence electrons. The van der Waals surface area contributed by atoms with Gasteiger partial charge in [-0.3, -0.25) is 0 Å². The van der Waals surface area contributed by atoms with Gasteiger partial charge in [-0.25, -0.2) is 4.98 Å². The van der Waals surface area contributed by atoms with E-state index in [9.17, 15) is 0 Å². The van der Waals surface area contributed by atoms with Crippen LogP contribution in [0.15, 0.2) is 35.7 Å². The molecule has 0 saturated heterocycles. The fourth-order valence-corrected chi connectivity index (χ4v) is 2.88. The molecule has 2 heterocycles. The zero-order valence-corrected chi connectivity index (χ0v) is 12.2. The second-order valence-corrected chi connectivity index (χ2v) is 5.70. The highest BCUT2D eigenvalue weighted by atomic mass is 35.5. The van der Waals surface area contributed by atoms with Gasteiger partial charge in [0.05, 0.1) is 5.39 Å². The molecule has 3 aromatic rings. The third kappa shape index (κ3) is 2.84. The Labute approximate surface area is 125 Å². The van der Waals surface area contributed by atoms with Crippen LogP contribution in [-0.4, -0.2) is 16.5 Å². The summed E-state index contributed by atoms with van der Waals surface area (Å²) in [5.41, 5.74) is 6.94. The van der Waals surface area contributed by atoms with Crippen LogP contribution in [0.3, 0.4) is 0 Å². The Bertz CT molecular complexity index is 724. The van der Waals surface area contributed by atoms with E-state index in [1.165, 1.54) is 5.56 Å². The maximum atomic E-state index is 5.87.